The maximum atomic E-state index is 12.7. The number of nitrogens with zero attached hydrogens (tertiary/aromatic N) is 2. The Balaban J connectivity index is 1.41. The average Bonchev–Trinajstić information content (AvgIpc) is 3.42. The second-order valence-corrected chi connectivity index (χ2v) is 7.33. The van der Waals surface area contributed by atoms with Crippen LogP contribution in [0.1, 0.15) is 36.0 Å². The Labute approximate surface area is 156 Å². The molecule has 5 amide bonds. The summed E-state index contributed by atoms with van der Waals surface area (Å²) < 4.78 is 0. The van der Waals surface area contributed by atoms with Gasteiger partial charge in [0.25, 0.3) is 5.91 Å². The fourth-order valence-electron chi connectivity index (χ4n) is 3.71. The molecule has 1 saturated carbocycles. The second-order valence-electron chi connectivity index (χ2n) is 7.33. The average molecular weight is 370 g/mol. The number of anilines is 1. The highest BCUT2D eigenvalue weighted by Gasteiger charge is 2.39. The van der Waals surface area contributed by atoms with Gasteiger partial charge in [-0.05, 0) is 25.0 Å². The summed E-state index contributed by atoms with van der Waals surface area (Å²) in [5.41, 5.74) is 0.854. The van der Waals surface area contributed by atoms with E-state index in [0.717, 1.165) is 12.8 Å². The van der Waals surface area contributed by atoms with Gasteiger partial charge in [0.1, 0.15) is 0 Å². The first-order valence-corrected chi connectivity index (χ1v) is 9.31. The molecule has 1 aromatic rings. The standard InChI is InChI=1S/C19H22N4O4/c24-16-7-8-22(19(27)21-16)15-4-2-1-3-14(15)18(26)20-10-12-9-17(25)23(11-12)13-5-6-13/h1-4,12-13H,5-11H2,(H,20,26)(H,21,24,27). The molecule has 1 aromatic carbocycles. The first-order chi connectivity index (χ1) is 13.0. The van der Waals surface area contributed by atoms with E-state index >= 15 is 0 Å². The van der Waals surface area contributed by atoms with Crippen LogP contribution in [0, 0.1) is 5.92 Å². The monoisotopic (exact) mass is 370 g/mol. The summed E-state index contributed by atoms with van der Waals surface area (Å²) in [6, 6.07) is 6.72. The molecule has 2 saturated heterocycles. The van der Waals surface area contributed by atoms with E-state index in [4.69, 9.17) is 0 Å². The quantitative estimate of drug-likeness (QED) is 0.804. The second kappa shape index (κ2) is 7.02. The minimum absolute atomic E-state index is 0.116. The molecular formula is C19H22N4O4. The lowest BCUT2D eigenvalue weighted by molar-refractivity contribution is -0.128. The van der Waals surface area contributed by atoms with Crippen molar-refractivity contribution in [2.45, 2.75) is 31.7 Å². The van der Waals surface area contributed by atoms with Crippen molar-refractivity contribution in [1.82, 2.24) is 15.5 Å². The number of nitrogens with one attached hydrogen (secondary N) is 2. The smallest absolute Gasteiger partial charge is 0.328 e. The Hall–Kier alpha value is -2.90. The zero-order chi connectivity index (χ0) is 19.0. The molecule has 3 fully saturated rings. The molecule has 8 nitrogen and oxygen atoms in total. The largest absolute Gasteiger partial charge is 0.352 e. The highest BCUT2D eigenvalue weighted by molar-refractivity contribution is 6.09. The zero-order valence-corrected chi connectivity index (χ0v) is 14.9. The number of amides is 5. The molecule has 2 heterocycles. The number of carbonyl (C=O) groups excluding carboxylic acids is 4. The van der Waals surface area contributed by atoms with E-state index in [0.29, 0.717) is 36.8 Å². The van der Waals surface area contributed by atoms with Crippen molar-refractivity contribution in [2.24, 2.45) is 5.92 Å². The molecule has 0 bridgehead atoms. The third kappa shape index (κ3) is 3.65. The molecule has 1 aliphatic carbocycles. The third-order valence-electron chi connectivity index (χ3n) is 5.27. The van der Waals surface area contributed by atoms with E-state index in [-0.39, 0.29) is 36.6 Å². The van der Waals surface area contributed by atoms with E-state index in [2.05, 4.69) is 10.6 Å². The lowest BCUT2D eigenvalue weighted by atomic mass is 10.1. The Kier molecular flexibility index (Phi) is 4.55. The number of hydrogen-bond donors (Lipinski definition) is 2. The van der Waals surface area contributed by atoms with Crippen LogP contribution >= 0.6 is 0 Å². The molecule has 142 valence electrons. The number of benzene rings is 1. The van der Waals surface area contributed by atoms with Crippen LogP contribution in [0.5, 0.6) is 0 Å². The SMILES string of the molecule is O=C1CCN(c2ccccc2C(=O)NCC2CC(=O)N(C3CC3)C2)C(=O)N1. The number of hydrogen-bond acceptors (Lipinski definition) is 4. The lowest BCUT2D eigenvalue weighted by Crippen LogP contribution is -2.50. The van der Waals surface area contributed by atoms with Gasteiger partial charge in [0.15, 0.2) is 0 Å². The van der Waals surface area contributed by atoms with Crippen LogP contribution in [0.4, 0.5) is 10.5 Å². The summed E-state index contributed by atoms with van der Waals surface area (Å²) in [6.45, 7) is 1.36. The van der Waals surface area contributed by atoms with Gasteiger partial charge >= 0.3 is 6.03 Å². The van der Waals surface area contributed by atoms with Gasteiger partial charge in [0, 0.05) is 44.4 Å². The summed E-state index contributed by atoms with van der Waals surface area (Å²) in [4.78, 5) is 51.5. The number of likely N-dealkylation sites (tertiary alicyclic amines) is 1. The molecule has 27 heavy (non-hydrogen) atoms. The van der Waals surface area contributed by atoms with Crippen LogP contribution < -0.4 is 15.5 Å². The van der Waals surface area contributed by atoms with Crippen LogP contribution in [0.25, 0.3) is 0 Å². The maximum absolute atomic E-state index is 12.7. The van der Waals surface area contributed by atoms with E-state index < -0.39 is 6.03 Å². The number of rotatable bonds is 5. The molecule has 0 spiro atoms. The summed E-state index contributed by atoms with van der Waals surface area (Å²) in [7, 11) is 0. The summed E-state index contributed by atoms with van der Waals surface area (Å²) in [5, 5.41) is 5.17. The third-order valence-corrected chi connectivity index (χ3v) is 5.27. The topological polar surface area (TPSA) is 98.8 Å². The van der Waals surface area contributed by atoms with E-state index in [9.17, 15) is 19.2 Å². The molecule has 3 aliphatic rings. The van der Waals surface area contributed by atoms with Crippen molar-refractivity contribution in [3.63, 3.8) is 0 Å². The predicted molar refractivity (Wildman–Crippen MR) is 97.1 cm³/mol. The van der Waals surface area contributed by atoms with Crippen molar-refractivity contribution >= 4 is 29.4 Å². The highest BCUT2D eigenvalue weighted by atomic mass is 16.2. The van der Waals surface area contributed by atoms with Gasteiger partial charge in [-0.3, -0.25) is 24.6 Å². The van der Waals surface area contributed by atoms with Gasteiger partial charge in [-0.15, -0.1) is 0 Å². The molecule has 2 N–H and O–H groups in total. The predicted octanol–water partition coefficient (Wildman–Crippen LogP) is 0.874. The Morgan fingerprint density at radius 2 is 1.96 bits per heavy atom. The molecular weight excluding hydrogens is 348 g/mol. The number of para-hydroxylation sites is 1. The fraction of sp³-hybridized carbons (Fsp3) is 0.474. The Morgan fingerprint density at radius 1 is 1.19 bits per heavy atom. The van der Waals surface area contributed by atoms with Crippen LogP contribution in [0.15, 0.2) is 24.3 Å². The minimum atomic E-state index is -0.520. The van der Waals surface area contributed by atoms with Gasteiger partial charge in [-0.2, -0.15) is 0 Å². The molecule has 2 aliphatic heterocycles. The van der Waals surface area contributed by atoms with Gasteiger partial charge in [-0.1, -0.05) is 12.1 Å². The summed E-state index contributed by atoms with van der Waals surface area (Å²) in [5.74, 6) is -0.311. The van der Waals surface area contributed by atoms with Crippen LogP contribution in [0.3, 0.4) is 0 Å². The summed E-state index contributed by atoms with van der Waals surface area (Å²) in [6.07, 6.45) is 2.83. The van der Waals surface area contributed by atoms with Crippen LogP contribution in [0.2, 0.25) is 0 Å². The minimum Gasteiger partial charge on any atom is -0.352 e. The molecule has 4 rings (SSSR count). The number of imide groups is 1. The van der Waals surface area contributed by atoms with Gasteiger partial charge in [0.05, 0.1) is 11.3 Å². The first kappa shape index (κ1) is 17.5. The van der Waals surface area contributed by atoms with Crippen LogP contribution in [-0.2, 0) is 9.59 Å². The molecule has 1 unspecified atom stereocenters. The zero-order valence-electron chi connectivity index (χ0n) is 14.9. The van der Waals surface area contributed by atoms with E-state index in [1.807, 2.05) is 4.90 Å². The number of carbonyl (C=O) groups is 4. The van der Waals surface area contributed by atoms with Gasteiger partial charge in [-0.25, -0.2) is 4.79 Å². The van der Waals surface area contributed by atoms with Gasteiger partial charge in [0.2, 0.25) is 11.8 Å². The normalized spacial score (nSPS) is 22.8. The Bertz CT molecular complexity index is 805. The maximum Gasteiger partial charge on any atom is 0.328 e. The number of urea groups is 1. The highest BCUT2D eigenvalue weighted by Crippen LogP contribution is 2.32. The fourth-order valence-corrected chi connectivity index (χ4v) is 3.71. The Morgan fingerprint density at radius 3 is 2.70 bits per heavy atom. The van der Waals surface area contributed by atoms with Crippen LogP contribution in [-0.4, -0.2) is 54.3 Å². The van der Waals surface area contributed by atoms with Crippen molar-refractivity contribution in [1.29, 1.82) is 0 Å². The van der Waals surface area contributed by atoms with Crippen molar-refractivity contribution < 1.29 is 19.2 Å². The summed E-state index contributed by atoms with van der Waals surface area (Å²) >= 11 is 0. The van der Waals surface area contributed by atoms with Gasteiger partial charge < -0.3 is 10.2 Å². The molecule has 0 radical (unpaired) electrons. The molecule has 8 heteroatoms. The van der Waals surface area contributed by atoms with E-state index in [1.165, 1.54) is 4.90 Å². The van der Waals surface area contributed by atoms with Crippen molar-refractivity contribution in [2.75, 3.05) is 24.5 Å². The van der Waals surface area contributed by atoms with Crippen molar-refractivity contribution in [3.05, 3.63) is 29.8 Å². The van der Waals surface area contributed by atoms with E-state index in [1.54, 1.807) is 24.3 Å². The molecule has 1 atom stereocenters. The van der Waals surface area contributed by atoms with Crippen molar-refractivity contribution in [3.8, 4) is 0 Å². The molecule has 0 aromatic heterocycles. The lowest BCUT2D eigenvalue weighted by Gasteiger charge is -2.28. The first-order valence-electron chi connectivity index (χ1n) is 9.31.